The molecule has 24 heavy (non-hydrogen) atoms. The summed E-state index contributed by atoms with van der Waals surface area (Å²) < 4.78 is 27.9. The molecule has 0 aliphatic carbocycles. The van der Waals surface area contributed by atoms with Gasteiger partial charge in [0.1, 0.15) is 5.25 Å². The second kappa shape index (κ2) is 8.07. The summed E-state index contributed by atoms with van der Waals surface area (Å²) in [5.74, 6) is 0.992. The van der Waals surface area contributed by atoms with Crippen molar-refractivity contribution in [3.8, 4) is 11.8 Å². The van der Waals surface area contributed by atoms with Crippen molar-refractivity contribution in [3.05, 3.63) is 41.2 Å². The van der Waals surface area contributed by atoms with Crippen LogP contribution < -0.4 is 15.2 Å². The molecule has 0 aliphatic rings. The van der Waals surface area contributed by atoms with Crippen molar-refractivity contribution in [2.75, 3.05) is 33.3 Å². The highest BCUT2D eigenvalue weighted by Crippen LogP contribution is 2.33. The van der Waals surface area contributed by atoms with E-state index in [0.29, 0.717) is 35.4 Å². The fraction of sp³-hybridized carbons (Fsp3) is 0.375. The molecule has 1 aromatic heterocycles. The zero-order chi connectivity index (χ0) is 17.7. The smallest absolute Gasteiger partial charge is 0.220 e. The van der Waals surface area contributed by atoms with E-state index in [0.717, 1.165) is 5.56 Å². The van der Waals surface area contributed by atoms with E-state index in [1.54, 1.807) is 19.4 Å². The lowest BCUT2D eigenvalue weighted by Gasteiger charge is -2.18. The minimum atomic E-state index is -1.31. The van der Waals surface area contributed by atoms with Gasteiger partial charge in [0.15, 0.2) is 5.82 Å². The lowest BCUT2D eigenvalue weighted by atomic mass is 10.0. The van der Waals surface area contributed by atoms with Gasteiger partial charge in [-0.2, -0.15) is 9.97 Å². The predicted molar refractivity (Wildman–Crippen MR) is 92.6 cm³/mol. The van der Waals surface area contributed by atoms with Gasteiger partial charge < -0.3 is 19.9 Å². The van der Waals surface area contributed by atoms with Gasteiger partial charge in [0.25, 0.3) is 0 Å². The van der Waals surface area contributed by atoms with Gasteiger partial charge in [-0.1, -0.05) is 18.2 Å². The molecule has 0 saturated heterocycles. The monoisotopic (exact) mass is 351 g/mol. The molecule has 0 spiro atoms. The molecule has 1 aromatic carbocycles. The van der Waals surface area contributed by atoms with Gasteiger partial charge in [-0.25, -0.2) is 0 Å². The minimum absolute atomic E-state index is 0.327. The summed E-state index contributed by atoms with van der Waals surface area (Å²) in [5.41, 5.74) is 8.27. The molecule has 130 valence electrons. The van der Waals surface area contributed by atoms with Crippen LogP contribution in [-0.2, 0) is 22.1 Å². The summed E-state index contributed by atoms with van der Waals surface area (Å²) in [6, 6.07) is 7.09. The standard InChI is InChI=1S/C16H21N3O4S/c1-21-9-10-6-5-7-11(14(10)17)15(24(4)20)16-18-12(22-2)8-13(19-16)23-3/h5-8,15H,9,17H2,1-4H3. The van der Waals surface area contributed by atoms with Crippen molar-refractivity contribution in [1.82, 2.24) is 9.97 Å². The fourth-order valence-electron chi connectivity index (χ4n) is 2.36. The summed E-state index contributed by atoms with van der Waals surface area (Å²) in [6.45, 7) is 0.366. The van der Waals surface area contributed by atoms with Crippen LogP contribution >= 0.6 is 0 Å². The predicted octanol–water partition coefficient (Wildman–Crippen LogP) is 1.69. The number of hydrogen-bond acceptors (Lipinski definition) is 7. The summed E-state index contributed by atoms with van der Waals surface area (Å²) in [7, 11) is 3.28. The second-order valence-electron chi connectivity index (χ2n) is 5.04. The average Bonchev–Trinajstić information content (AvgIpc) is 2.58. The van der Waals surface area contributed by atoms with Gasteiger partial charge in [0.2, 0.25) is 11.8 Å². The Balaban J connectivity index is 2.59. The van der Waals surface area contributed by atoms with Gasteiger partial charge in [-0.05, 0) is 5.56 Å². The number of para-hydroxylation sites is 1. The first-order valence-electron chi connectivity index (χ1n) is 7.17. The molecule has 7 nitrogen and oxygen atoms in total. The molecule has 1 heterocycles. The van der Waals surface area contributed by atoms with E-state index < -0.39 is 16.0 Å². The Morgan fingerprint density at radius 1 is 1.17 bits per heavy atom. The molecule has 0 aliphatic heterocycles. The molecule has 8 heteroatoms. The highest BCUT2D eigenvalue weighted by Gasteiger charge is 2.26. The molecule has 2 aromatic rings. The highest BCUT2D eigenvalue weighted by molar-refractivity contribution is 7.84. The van der Waals surface area contributed by atoms with Gasteiger partial charge in [-0.15, -0.1) is 0 Å². The molecule has 0 amide bonds. The molecule has 0 saturated carbocycles. The molecular weight excluding hydrogens is 330 g/mol. The SMILES string of the molecule is COCc1cccc(C(c2nc(OC)cc(OC)n2)S(C)=O)c1N. The van der Waals surface area contributed by atoms with Crippen LogP contribution in [-0.4, -0.2) is 41.8 Å². The fourth-order valence-corrected chi connectivity index (χ4v) is 3.32. The van der Waals surface area contributed by atoms with Crippen LogP contribution in [0.15, 0.2) is 24.3 Å². The number of nitrogens with two attached hydrogens (primary N) is 1. The molecule has 0 bridgehead atoms. The van der Waals surface area contributed by atoms with E-state index >= 15 is 0 Å². The van der Waals surface area contributed by atoms with Crippen molar-refractivity contribution >= 4 is 16.5 Å². The van der Waals surface area contributed by atoms with Crippen LogP contribution in [0.5, 0.6) is 11.8 Å². The largest absolute Gasteiger partial charge is 0.481 e. The molecule has 2 rings (SSSR count). The van der Waals surface area contributed by atoms with E-state index in [1.165, 1.54) is 14.2 Å². The molecule has 0 fully saturated rings. The highest BCUT2D eigenvalue weighted by atomic mass is 32.2. The summed E-state index contributed by atoms with van der Waals surface area (Å²) in [6.07, 6.45) is 1.59. The number of nitrogens with zero attached hydrogens (tertiary/aromatic N) is 2. The Morgan fingerprint density at radius 2 is 1.79 bits per heavy atom. The quantitative estimate of drug-likeness (QED) is 0.758. The van der Waals surface area contributed by atoms with Gasteiger partial charge in [0.05, 0.1) is 26.9 Å². The summed E-state index contributed by atoms with van der Waals surface area (Å²) >= 11 is 0. The Labute approximate surface area is 143 Å². The third kappa shape index (κ3) is 3.82. The maximum atomic E-state index is 12.4. The number of methoxy groups -OCH3 is 3. The molecule has 2 unspecified atom stereocenters. The minimum Gasteiger partial charge on any atom is -0.481 e. The van der Waals surface area contributed by atoms with Crippen LogP contribution in [0.4, 0.5) is 5.69 Å². The first kappa shape index (κ1) is 18.2. The lowest BCUT2D eigenvalue weighted by molar-refractivity contribution is 0.185. The van der Waals surface area contributed by atoms with Gasteiger partial charge in [-0.3, -0.25) is 4.21 Å². The van der Waals surface area contributed by atoms with Crippen molar-refractivity contribution in [2.45, 2.75) is 11.9 Å². The Kier molecular flexibility index (Phi) is 6.10. The molecule has 2 N–H and O–H groups in total. The van der Waals surface area contributed by atoms with E-state index in [9.17, 15) is 4.21 Å². The lowest BCUT2D eigenvalue weighted by Crippen LogP contribution is -2.15. The van der Waals surface area contributed by atoms with Gasteiger partial charge in [0, 0.05) is 35.4 Å². The molecule has 2 atom stereocenters. The third-order valence-corrected chi connectivity index (χ3v) is 4.62. The Hall–Kier alpha value is -2.19. The number of hydrogen-bond donors (Lipinski definition) is 1. The maximum absolute atomic E-state index is 12.4. The van der Waals surface area contributed by atoms with E-state index in [1.807, 2.05) is 18.2 Å². The van der Waals surface area contributed by atoms with Crippen LogP contribution in [0.3, 0.4) is 0 Å². The number of nitrogen functional groups attached to an aromatic ring is 1. The first-order valence-corrected chi connectivity index (χ1v) is 8.79. The van der Waals surface area contributed by atoms with Crippen molar-refractivity contribution in [3.63, 3.8) is 0 Å². The van der Waals surface area contributed by atoms with Crippen molar-refractivity contribution < 1.29 is 18.4 Å². The normalized spacial score (nSPS) is 13.3. The number of ether oxygens (including phenoxy) is 3. The van der Waals surface area contributed by atoms with Crippen LogP contribution in [0.2, 0.25) is 0 Å². The number of rotatable bonds is 7. The van der Waals surface area contributed by atoms with Crippen LogP contribution in [0.25, 0.3) is 0 Å². The zero-order valence-electron chi connectivity index (χ0n) is 14.1. The van der Waals surface area contributed by atoms with Crippen molar-refractivity contribution in [2.24, 2.45) is 0 Å². The number of anilines is 1. The number of aromatic nitrogens is 2. The first-order chi connectivity index (χ1) is 11.5. The second-order valence-corrected chi connectivity index (χ2v) is 6.51. The van der Waals surface area contributed by atoms with Gasteiger partial charge >= 0.3 is 0 Å². The molecular formula is C16H21N3O4S. The zero-order valence-corrected chi connectivity index (χ0v) is 14.9. The maximum Gasteiger partial charge on any atom is 0.220 e. The Morgan fingerprint density at radius 3 is 2.29 bits per heavy atom. The third-order valence-electron chi connectivity index (χ3n) is 3.49. The van der Waals surface area contributed by atoms with E-state index in [2.05, 4.69) is 9.97 Å². The van der Waals surface area contributed by atoms with E-state index in [4.69, 9.17) is 19.9 Å². The van der Waals surface area contributed by atoms with Crippen molar-refractivity contribution in [1.29, 1.82) is 0 Å². The van der Waals surface area contributed by atoms with Crippen LogP contribution in [0.1, 0.15) is 22.2 Å². The number of benzene rings is 1. The van der Waals surface area contributed by atoms with Crippen LogP contribution in [0, 0.1) is 0 Å². The summed E-state index contributed by atoms with van der Waals surface area (Å²) in [5, 5.41) is -0.606. The summed E-state index contributed by atoms with van der Waals surface area (Å²) in [4.78, 5) is 8.64. The average molecular weight is 351 g/mol. The van der Waals surface area contributed by atoms with E-state index in [-0.39, 0.29) is 0 Å². The topological polar surface area (TPSA) is 96.6 Å². The Bertz CT molecular complexity index is 717. The molecule has 0 radical (unpaired) electrons.